The molecular formula is C14H23NS. The van der Waals surface area contributed by atoms with Crippen molar-refractivity contribution in [3.05, 3.63) is 29.8 Å². The third kappa shape index (κ3) is 4.93. The molecule has 1 aromatic carbocycles. The summed E-state index contributed by atoms with van der Waals surface area (Å²) in [5.41, 5.74) is 2.67. The van der Waals surface area contributed by atoms with Gasteiger partial charge in [-0.3, -0.25) is 0 Å². The SMILES string of the molecule is CSCCCCNc1cccc(C(C)C)c1. The molecule has 1 rings (SSSR count). The van der Waals surface area contributed by atoms with Gasteiger partial charge in [-0.05, 0) is 48.5 Å². The van der Waals surface area contributed by atoms with Crippen LogP contribution in [0.4, 0.5) is 5.69 Å². The first-order valence-corrected chi connectivity index (χ1v) is 7.46. The van der Waals surface area contributed by atoms with Gasteiger partial charge in [-0.15, -0.1) is 0 Å². The molecule has 0 aliphatic heterocycles. The summed E-state index contributed by atoms with van der Waals surface area (Å²) in [6.45, 7) is 5.55. The standard InChI is InChI=1S/C14H23NS/c1-12(2)13-7-6-8-14(11-13)15-9-4-5-10-16-3/h6-8,11-12,15H,4-5,9-10H2,1-3H3. The normalized spacial score (nSPS) is 10.8. The van der Waals surface area contributed by atoms with Crippen LogP contribution in [0, 0.1) is 0 Å². The quantitative estimate of drug-likeness (QED) is 0.707. The summed E-state index contributed by atoms with van der Waals surface area (Å²) in [4.78, 5) is 0. The van der Waals surface area contributed by atoms with Crippen molar-refractivity contribution in [2.75, 3.05) is 23.9 Å². The number of rotatable bonds is 7. The Balaban J connectivity index is 2.33. The van der Waals surface area contributed by atoms with Crippen LogP contribution in [-0.4, -0.2) is 18.6 Å². The lowest BCUT2D eigenvalue weighted by atomic mass is 10.0. The molecule has 0 spiro atoms. The van der Waals surface area contributed by atoms with Crippen LogP contribution in [0.2, 0.25) is 0 Å². The monoisotopic (exact) mass is 237 g/mol. The lowest BCUT2D eigenvalue weighted by molar-refractivity contribution is 0.840. The molecule has 90 valence electrons. The average molecular weight is 237 g/mol. The van der Waals surface area contributed by atoms with Crippen LogP contribution >= 0.6 is 11.8 Å². The van der Waals surface area contributed by atoms with E-state index in [-0.39, 0.29) is 0 Å². The topological polar surface area (TPSA) is 12.0 Å². The van der Waals surface area contributed by atoms with Gasteiger partial charge in [0.1, 0.15) is 0 Å². The molecule has 1 aromatic rings. The van der Waals surface area contributed by atoms with Crippen LogP contribution in [0.15, 0.2) is 24.3 Å². The maximum Gasteiger partial charge on any atom is 0.0343 e. The molecule has 0 aromatic heterocycles. The number of thioether (sulfide) groups is 1. The van der Waals surface area contributed by atoms with Crippen molar-refractivity contribution in [3.63, 3.8) is 0 Å². The molecule has 0 radical (unpaired) electrons. The Morgan fingerprint density at radius 1 is 1.25 bits per heavy atom. The maximum atomic E-state index is 3.49. The van der Waals surface area contributed by atoms with E-state index in [1.54, 1.807) is 0 Å². The molecule has 16 heavy (non-hydrogen) atoms. The van der Waals surface area contributed by atoms with Gasteiger partial charge in [-0.1, -0.05) is 26.0 Å². The number of hydrogen-bond donors (Lipinski definition) is 1. The van der Waals surface area contributed by atoms with Crippen molar-refractivity contribution in [2.24, 2.45) is 0 Å². The number of unbranched alkanes of at least 4 members (excludes halogenated alkanes) is 1. The van der Waals surface area contributed by atoms with Gasteiger partial charge in [-0.25, -0.2) is 0 Å². The summed E-state index contributed by atoms with van der Waals surface area (Å²) in [6, 6.07) is 8.75. The van der Waals surface area contributed by atoms with Crippen LogP contribution in [-0.2, 0) is 0 Å². The molecule has 1 nitrogen and oxygen atoms in total. The molecule has 0 fully saturated rings. The van der Waals surface area contributed by atoms with E-state index in [9.17, 15) is 0 Å². The highest BCUT2D eigenvalue weighted by Crippen LogP contribution is 2.18. The zero-order valence-electron chi connectivity index (χ0n) is 10.6. The van der Waals surface area contributed by atoms with Gasteiger partial charge in [0.15, 0.2) is 0 Å². The first kappa shape index (κ1) is 13.4. The van der Waals surface area contributed by atoms with E-state index < -0.39 is 0 Å². The fraction of sp³-hybridized carbons (Fsp3) is 0.571. The Labute approximate surface area is 104 Å². The molecular weight excluding hydrogens is 214 g/mol. The van der Waals surface area contributed by atoms with Crippen LogP contribution in [0.1, 0.15) is 38.2 Å². The fourth-order valence-electron chi connectivity index (χ4n) is 1.61. The van der Waals surface area contributed by atoms with Crippen LogP contribution in [0.3, 0.4) is 0 Å². The molecule has 0 amide bonds. The second-order valence-electron chi connectivity index (χ2n) is 4.41. The van der Waals surface area contributed by atoms with Gasteiger partial charge in [0.25, 0.3) is 0 Å². The predicted molar refractivity (Wildman–Crippen MR) is 76.6 cm³/mol. The highest BCUT2D eigenvalue weighted by Gasteiger charge is 1.99. The Hall–Kier alpha value is -0.630. The molecule has 1 N–H and O–H groups in total. The Morgan fingerprint density at radius 3 is 2.75 bits per heavy atom. The Kier molecular flexibility index (Phi) is 6.39. The Bertz CT molecular complexity index is 297. The van der Waals surface area contributed by atoms with E-state index in [1.807, 2.05) is 11.8 Å². The molecule has 0 saturated carbocycles. The molecule has 0 aliphatic rings. The van der Waals surface area contributed by atoms with E-state index in [0.29, 0.717) is 5.92 Å². The molecule has 2 heteroatoms. The van der Waals surface area contributed by atoms with E-state index in [1.165, 1.54) is 29.8 Å². The zero-order chi connectivity index (χ0) is 11.8. The molecule has 0 heterocycles. The molecule has 0 saturated heterocycles. The minimum atomic E-state index is 0.609. The minimum absolute atomic E-state index is 0.609. The Morgan fingerprint density at radius 2 is 2.06 bits per heavy atom. The number of nitrogens with one attached hydrogen (secondary N) is 1. The van der Waals surface area contributed by atoms with Crippen LogP contribution < -0.4 is 5.32 Å². The number of anilines is 1. The summed E-state index contributed by atoms with van der Waals surface area (Å²) in [7, 11) is 0. The summed E-state index contributed by atoms with van der Waals surface area (Å²) in [6.07, 6.45) is 4.73. The van der Waals surface area contributed by atoms with Gasteiger partial charge in [0.2, 0.25) is 0 Å². The summed E-state index contributed by atoms with van der Waals surface area (Å²) < 4.78 is 0. The number of hydrogen-bond acceptors (Lipinski definition) is 2. The van der Waals surface area contributed by atoms with Crippen molar-refractivity contribution in [2.45, 2.75) is 32.6 Å². The van der Waals surface area contributed by atoms with Gasteiger partial charge in [0.05, 0.1) is 0 Å². The summed E-state index contributed by atoms with van der Waals surface area (Å²) >= 11 is 1.93. The van der Waals surface area contributed by atoms with Crippen molar-refractivity contribution < 1.29 is 0 Å². The average Bonchev–Trinajstić information content (AvgIpc) is 2.29. The second kappa shape index (κ2) is 7.61. The second-order valence-corrected chi connectivity index (χ2v) is 5.39. The molecule has 0 unspecified atom stereocenters. The van der Waals surface area contributed by atoms with Crippen LogP contribution in [0.25, 0.3) is 0 Å². The predicted octanol–water partition coefficient (Wildman–Crippen LogP) is 4.37. The summed E-state index contributed by atoms with van der Waals surface area (Å²) in [5.74, 6) is 1.88. The third-order valence-corrected chi connectivity index (χ3v) is 3.35. The van der Waals surface area contributed by atoms with Crippen molar-refractivity contribution in [3.8, 4) is 0 Å². The lowest BCUT2D eigenvalue weighted by Gasteiger charge is -2.10. The van der Waals surface area contributed by atoms with E-state index in [0.717, 1.165) is 6.54 Å². The first-order valence-electron chi connectivity index (χ1n) is 6.07. The van der Waals surface area contributed by atoms with Crippen molar-refractivity contribution in [1.82, 2.24) is 0 Å². The van der Waals surface area contributed by atoms with E-state index in [4.69, 9.17) is 0 Å². The number of benzene rings is 1. The van der Waals surface area contributed by atoms with Crippen molar-refractivity contribution >= 4 is 17.4 Å². The molecule has 0 aliphatic carbocycles. The van der Waals surface area contributed by atoms with Gasteiger partial charge >= 0.3 is 0 Å². The highest BCUT2D eigenvalue weighted by molar-refractivity contribution is 7.98. The van der Waals surface area contributed by atoms with E-state index in [2.05, 4.69) is 49.7 Å². The van der Waals surface area contributed by atoms with Crippen LogP contribution in [0.5, 0.6) is 0 Å². The zero-order valence-corrected chi connectivity index (χ0v) is 11.4. The molecule has 0 bridgehead atoms. The van der Waals surface area contributed by atoms with E-state index >= 15 is 0 Å². The molecule has 0 atom stereocenters. The highest BCUT2D eigenvalue weighted by atomic mass is 32.2. The van der Waals surface area contributed by atoms with Gasteiger partial charge in [0, 0.05) is 12.2 Å². The van der Waals surface area contributed by atoms with Gasteiger partial charge in [-0.2, -0.15) is 11.8 Å². The fourth-order valence-corrected chi connectivity index (χ4v) is 2.10. The van der Waals surface area contributed by atoms with Gasteiger partial charge < -0.3 is 5.32 Å². The van der Waals surface area contributed by atoms with Crippen molar-refractivity contribution in [1.29, 1.82) is 0 Å². The summed E-state index contributed by atoms with van der Waals surface area (Å²) in [5, 5.41) is 3.49. The largest absolute Gasteiger partial charge is 0.385 e. The third-order valence-electron chi connectivity index (χ3n) is 2.66. The minimum Gasteiger partial charge on any atom is -0.385 e. The first-order chi connectivity index (χ1) is 7.74. The maximum absolute atomic E-state index is 3.49. The lowest BCUT2D eigenvalue weighted by Crippen LogP contribution is -2.02. The smallest absolute Gasteiger partial charge is 0.0343 e.